The molecule has 0 aliphatic rings. The van der Waals surface area contributed by atoms with E-state index in [-0.39, 0.29) is 5.91 Å². The smallest absolute Gasteiger partial charge is 0.260 e. The van der Waals surface area contributed by atoms with Crippen LogP contribution in [0, 0.1) is 20.8 Å². The number of carbonyl (C=O) groups excluding carboxylic acids is 1. The van der Waals surface area contributed by atoms with Gasteiger partial charge in [-0.25, -0.2) is 14.6 Å². The van der Waals surface area contributed by atoms with Gasteiger partial charge in [0.15, 0.2) is 0 Å². The molecule has 8 nitrogen and oxygen atoms in total. The van der Waals surface area contributed by atoms with Crippen molar-refractivity contribution in [1.82, 2.24) is 29.5 Å². The first-order chi connectivity index (χ1) is 13.9. The zero-order valence-electron chi connectivity index (χ0n) is 16.1. The van der Waals surface area contributed by atoms with Crippen LogP contribution < -0.4 is 5.32 Å². The van der Waals surface area contributed by atoms with E-state index in [9.17, 15) is 4.79 Å². The maximum Gasteiger partial charge on any atom is 0.260 e. The lowest BCUT2D eigenvalue weighted by atomic mass is 10.3. The summed E-state index contributed by atoms with van der Waals surface area (Å²) in [5.41, 5.74) is 3.54. The topological polar surface area (TPSA) is 90.5 Å². The third-order valence-corrected chi connectivity index (χ3v) is 4.39. The molecule has 0 radical (unpaired) electrons. The molecule has 0 aliphatic carbocycles. The first kappa shape index (κ1) is 18.8. The second kappa shape index (κ2) is 7.48. The summed E-state index contributed by atoms with van der Waals surface area (Å²) in [7, 11) is 0. The standard InChI is InChI=1S/C20H18ClN7O/c1-12-7-13(2)24-20(23-12)28-18(8-14(3)26-28)25-19(29)15-10-22-27(11-15)17-6-4-5-16(21)9-17/h4-11H,1-3H3,(H,25,29). The van der Waals surface area contributed by atoms with Crippen molar-refractivity contribution in [2.24, 2.45) is 0 Å². The van der Waals surface area contributed by atoms with Gasteiger partial charge in [0.05, 0.1) is 23.1 Å². The summed E-state index contributed by atoms with van der Waals surface area (Å²) < 4.78 is 3.12. The Bertz CT molecular complexity index is 1190. The number of nitrogens with zero attached hydrogens (tertiary/aromatic N) is 6. The minimum Gasteiger partial charge on any atom is -0.306 e. The Balaban J connectivity index is 1.61. The fourth-order valence-corrected chi connectivity index (χ4v) is 3.12. The Labute approximate surface area is 172 Å². The maximum atomic E-state index is 12.8. The van der Waals surface area contributed by atoms with E-state index in [0.717, 1.165) is 22.8 Å². The van der Waals surface area contributed by atoms with Crippen LogP contribution in [0.3, 0.4) is 0 Å². The summed E-state index contributed by atoms with van der Waals surface area (Å²) in [6.07, 6.45) is 3.14. The fourth-order valence-electron chi connectivity index (χ4n) is 2.93. The monoisotopic (exact) mass is 407 g/mol. The van der Waals surface area contributed by atoms with Crippen LogP contribution in [0.5, 0.6) is 0 Å². The van der Waals surface area contributed by atoms with E-state index in [0.29, 0.717) is 22.4 Å². The third-order valence-electron chi connectivity index (χ3n) is 4.15. The molecule has 0 atom stereocenters. The first-order valence-corrected chi connectivity index (χ1v) is 9.28. The SMILES string of the molecule is Cc1cc(C)nc(-n2nc(C)cc2NC(=O)c2cnn(-c3cccc(Cl)c3)c2)n1. The van der Waals surface area contributed by atoms with Crippen molar-refractivity contribution in [1.29, 1.82) is 0 Å². The van der Waals surface area contributed by atoms with Crippen LogP contribution in [0.25, 0.3) is 11.6 Å². The van der Waals surface area contributed by atoms with E-state index < -0.39 is 0 Å². The van der Waals surface area contributed by atoms with E-state index in [1.807, 2.05) is 39.0 Å². The summed E-state index contributed by atoms with van der Waals surface area (Å²) in [6.45, 7) is 5.61. The molecule has 0 spiro atoms. The van der Waals surface area contributed by atoms with E-state index in [2.05, 4.69) is 25.5 Å². The molecule has 1 amide bonds. The molecular weight excluding hydrogens is 390 g/mol. The lowest BCUT2D eigenvalue weighted by Crippen LogP contribution is -2.16. The summed E-state index contributed by atoms with van der Waals surface area (Å²) in [4.78, 5) is 21.6. The highest BCUT2D eigenvalue weighted by Crippen LogP contribution is 2.18. The number of anilines is 1. The zero-order valence-corrected chi connectivity index (χ0v) is 16.8. The first-order valence-electron chi connectivity index (χ1n) is 8.90. The van der Waals surface area contributed by atoms with Gasteiger partial charge in [-0.2, -0.15) is 14.9 Å². The number of rotatable bonds is 4. The van der Waals surface area contributed by atoms with Crippen molar-refractivity contribution in [3.8, 4) is 11.6 Å². The van der Waals surface area contributed by atoms with Gasteiger partial charge in [-0.3, -0.25) is 4.79 Å². The summed E-state index contributed by atoms with van der Waals surface area (Å²) >= 11 is 6.03. The van der Waals surface area contributed by atoms with Crippen LogP contribution >= 0.6 is 11.6 Å². The predicted molar refractivity (Wildman–Crippen MR) is 110 cm³/mol. The van der Waals surface area contributed by atoms with Crippen molar-refractivity contribution >= 4 is 23.3 Å². The third kappa shape index (κ3) is 4.02. The average Bonchev–Trinajstić information content (AvgIpc) is 3.28. The van der Waals surface area contributed by atoms with Crippen LogP contribution in [-0.4, -0.2) is 35.4 Å². The summed E-state index contributed by atoms with van der Waals surface area (Å²) in [5.74, 6) is 0.567. The number of carbonyl (C=O) groups is 1. The quantitative estimate of drug-likeness (QED) is 0.557. The number of halogens is 1. The van der Waals surface area contributed by atoms with Gasteiger partial charge in [-0.1, -0.05) is 17.7 Å². The molecule has 9 heteroatoms. The van der Waals surface area contributed by atoms with Gasteiger partial charge >= 0.3 is 0 Å². The van der Waals surface area contributed by atoms with Gasteiger partial charge < -0.3 is 5.32 Å². The Kier molecular flexibility index (Phi) is 4.85. The van der Waals surface area contributed by atoms with Gasteiger partial charge in [0, 0.05) is 28.7 Å². The van der Waals surface area contributed by atoms with Gasteiger partial charge in [0.25, 0.3) is 11.9 Å². The number of hydrogen-bond acceptors (Lipinski definition) is 5. The molecule has 1 N–H and O–H groups in total. The van der Waals surface area contributed by atoms with Crippen molar-refractivity contribution in [3.05, 3.63) is 76.5 Å². The van der Waals surface area contributed by atoms with Crippen LogP contribution in [0.1, 0.15) is 27.4 Å². The molecule has 29 heavy (non-hydrogen) atoms. The number of aryl methyl sites for hydroxylation is 3. The van der Waals surface area contributed by atoms with Crippen LogP contribution in [0.15, 0.2) is 48.8 Å². The van der Waals surface area contributed by atoms with Gasteiger partial charge in [0.2, 0.25) is 0 Å². The lowest BCUT2D eigenvalue weighted by Gasteiger charge is -2.08. The van der Waals surface area contributed by atoms with Gasteiger partial charge in [-0.15, -0.1) is 0 Å². The minimum absolute atomic E-state index is 0.316. The molecule has 4 aromatic rings. The molecule has 4 rings (SSSR count). The van der Waals surface area contributed by atoms with Crippen molar-refractivity contribution in [2.75, 3.05) is 5.32 Å². The van der Waals surface area contributed by atoms with E-state index in [1.54, 1.807) is 29.1 Å². The molecular formula is C20H18ClN7O. The number of benzene rings is 1. The van der Waals surface area contributed by atoms with E-state index >= 15 is 0 Å². The van der Waals surface area contributed by atoms with Gasteiger partial charge in [-0.05, 0) is 45.0 Å². The second-order valence-electron chi connectivity index (χ2n) is 6.64. The van der Waals surface area contributed by atoms with E-state index in [1.165, 1.54) is 10.9 Å². The average molecular weight is 408 g/mol. The highest BCUT2D eigenvalue weighted by Gasteiger charge is 2.16. The normalized spacial score (nSPS) is 10.9. The van der Waals surface area contributed by atoms with Crippen LogP contribution in [0.4, 0.5) is 5.82 Å². The lowest BCUT2D eigenvalue weighted by molar-refractivity contribution is 0.102. The van der Waals surface area contributed by atoms with Crippen molar-refractivity contribution < 1.29 is 4.79 Å². The predicted octanol–water partition coefficient (Wildman–Crippen LogP) is 3.68. The molecule has 0 aliphatic heterocycles. The van der Waals surface area contributed by atoms with E-state index in [4.69, 9.17) is 11.6 Å². The summed E-state index contributed by atoms with van der Waals surface area (Å²) in [5, 5.41) is 12.1. The highest BCUT2D eigenvalue weighted by molar-refractivity contribution is 6.30. The molecule has 1 aromatic carbocycles. The molecule has 0 fully saturated rings. The largest absolute Gasteiger partial charge is 0.306 e. The van der Waals surface area contributed by atoms with Gasteiger partial charge in [0.1, 0.15) is 5.82 Å². The highest BCUT2D eigenvalue weighted by atomic mass is 35.5. The molecule has 146 valence electrons. The van der Waals surface area contributed by atoms with Crippen molar-refractivity contribution in [2.45, 2.75) is 20.8 Å². The molecule has 0 unspecified atom stereocenters. The summed E-state index contributed by atoms with van der Waals surface area (Å²) in [6, 6.07) is 10.9. The fraction of sp³-hybridized carbons (Fsp3) is 0.150. The van der Waals surface area contributed by atoms with Crippen LogP contribution in [0.2, 0.25) is 5.02 Å². The number of aromatic nitrogens is 6. The number of hydrogen-bond donors (Lipinski definition) is 1. The number of amides is 1. The Morgan fingerprint density at radius 1 is 1.03 bits per heavy atom. The molecule has 0 saturated heterocycles. The molecule has 0 saturated carbocycles. The Morgan fingerprint density at radius 3 is 2.52 bits per heavy atom. The second-order valence-corrected chi connectivity index (χ2v) is 7.08. The molecule has 0 bridgehead atoms. The molecule has 3 heterocycles. The Morgan fingerprint density at radius 2 is 1.79 bits per heavy atom. The minimum atomic E-state index is -0.316. The van der Waals surface area contributed by atoms with Crippen molar-refractivity contribution in [3.63, 3.8) is 0 Å². The Hall–Kier alpha value is -3.52. The number of nitrogens with one attached hydrogen (secondary N) is 1. The molecule has 3 aromatic heterocycles. The maximum absolute atomic E-state index is 12.8. The zero-order chi connectivity index (χ0) is 20.5. The van der Waals surface area contributed by atoms with Crippen LogP contribution in [-0.2, 0) is 0 Å².